The van der Waals surface area contributed by atoms with Gasteiger partial charge in [-0.05, 0) is 18.2 Å². The van der Waals surface area contributed by atoms with Crippen molar-refractivity contribution in [3.8, 4) is 11.3 Å². The predicted octanol–water partition coefficient (Wildman–Crippen LogP) is 4.88. The van der Waals surface area contributed by atoms with Gasteiger partial charge in [-0.3, -0.25) is 20.2 Å². The number of furan rings is 1. The van der Waals surface area contributed by atoms with Crippen LogP contribution in [0.4, 0.5) is 21.6 Å². The highest BCUT2D eigenvalue weighted by molar-refractivity contribution is 7.07. The van der Waals surface area contributed by atoms with E-state index in [2.05, 4.69) is 10.1 Å². The number of hydrogen-bond acceptors (Lipinski definition) is 8. The molecule has 0 aliphatic rings. The third kappa shape index (κ3) is 4.34. The van der Waals surface area contributed by atoms with Crippen molar-refractivity contribution < 1.29 is 18.7 Å². The first-order valence-corrected chi connectivity index (χ1v) is 9.83. The van der Waals surface area contributed by atoms with E-state index in [1.165, 1.54) is 59.4 Å². The molecule has 0 aliphatic carbocycles. The fourth-order valence-corrected chi connectivity index (χ4v) is 3.58. The molecule has 2 heterocycles. The molecule has 160 valence electrons. The van der Waals surface area contributed by atoms with E-state index in [1.807, 2.05) is 0 Å². The van der Waals surface area contributed by atoms with Crippen molar-refractivity contribution in [1.82, 2.24) is 4.68 Å². The van der Waals surface area contributed by atoms with Gasteiger partial charge in [0.1, 0.15) is 16.4 Å². The molecular formula is C20H12FN5O5S. The average molecular weight is 453 g/mol. The fraction of sp³-hybridized carbons (Fsp3) is 0. The maximum absolute atomic E-state index is 14.1. The quantitative estimate of drug-likeness (QED) is 0.233. The summed E-state index contributed by atoms with van der Waals surface area (Å²) in [6.45, 7) is 0. The van der Waals surface area contributed by atoms with Crippen molar-refractivity contribution in [3.63, 3.8) is 0 Å². The molecule has 0 spiro atoms. The molecule has 10 nitrogen and oxygen atoms in total. The molecule has 0 aliphatic heterocycles. The Morgan fingerprint density at radius 2 is 1.84 bits per heavy atom. The lowest BCUT2D eigenvalue weighted by Gasteiger charge is -2.03. The van der Waals surface area contributed by atoms with Crippen molar-refractivity contribution in [3.05, 3.63) is 103 Å². The van der Waals surface area contributed by atoms with Crippen LogP contribution in [0.2, 0.25) is 0 Å². The molecule has 0 saturated heterocycles. The number of benzene rings is 2. The first kappa shape index (κ1) is 20.8. The largest absolute Gasteiger partial charge is 0.433 e. The fourth-order valence-electron chi connectivity index (χ4n) is 2.74. The molecule has 12 heteroatoms. The zero-order chi connectivity index (χ0) is 22.7. The standard InChI is InChI=1S/C20H12FN5O5S/c21-16-6-1-2-7-17(16)23-20-24(22-11-15-8-9-19(31-15)26(29)30)18(12-32-20)13-4-3-5-14(10-13)25(27)28/h1-12H. The lowest BCUT2D eigenvalue weighted by molar-refractivity contribution is -0.402. The van der Waals surface area contributed by atoms with Gasteiger partial charge in [-0.15, -0.1) is 11.3 Å². The van der Waals surface area contributed by atoms with Gasteiger partial charge >= 0.3 is 5.88 Å². The van der Waals surface area contributed by atoms with Gasteiger partial charge in [0.05, 0.1) is 22.9 Å². The van der Waals surface area contributed by atoms with Crippen molar-refractivity contribution in [2.24, 2.45) is 10.1 Å². The number of nitro groups is 2. The van der Waals surface area contributed by atoms with Crippen LogP contribution in [-0.4, -0.2) is 20.7 Å². The summed E-state index contributed by atoms with van der Waals surface area (Å²) in [6, 6.07) is 14.4. The number of nitro benzene ring substituents is 1. The van der Waals surface area contributed by atoms with Crippen LogP contribution < -0.4 is 4.80 Å². The highest BCUT2D eigenvalue weighted by Crippen LogP contribution is 2.25. The summed E-state index contributed by atoms with van der Waals surface area (Å²) < 4.78 is 20.5. The summed E-state index contributed by atoms with van der Waals surface area (Å²) in [5.74, 6) is -0.871. The van der Waals surface area contributed by atoms with Gasteiger partial charge in [0, 0.05) is 23.1 Å². The van der Waals surface area contributed by atoms with E-state index in [9.17, 15) is 24.6 Å². The van der Waals surface area contributed by atoms with Crippen LogP contribution in [0.3, 0.4) is 0 Å². The number of non-ortho nitro benzene ring substituents is 1. The molecule has 0 unspecified atom stereocenters. The van der Waals surface area contributed by atoms with E-state index in [0.29, 0.717) is 11.3 Å². The van der Waals surface area contributed by atoms with Crippen LogP contribution in [0.25, 0.3) is 11.3 Å². The third-order valence-electron chi connectivity index (χ3n) is 4.20. The Morgan fingerprint density at radius 1 is 1.03 bits per heavy atom. The zero-order valence-electron chi connectivity index (χ0n) is 16.0. The van der Waals surface area contributed by atoms with Crippen molar-refractivity contribution in [1.29, 1.82) is 0 Å². The van der Waals surface area contributed by atoms with Crippen LogP contribution in [0.15, 0.2) is 80.6 Å². The highest BCUT2D eigenvalue weighted by Gasteiger charge is 2.14. The average Bonchev–Trinajstić information content (AvgIpc) is 3.41. The smallest absolute Gasteiger partial charge is 0.400 e. The van der Waals surface area contributed by atoms with Crippen molar-refractivity contribution in [2.75, 3.05) is 0 Å². The number of rotatable bonds is 6. The number of nitrogens with zero attached hydrogens (tertiary/aromatic N) is 5. The topological polar surface area (TPSA) is 129 Å². The molecule has 0 atom stereocenters. The molecule has 2 aromatic heterocycles. The van der Waals surface area contributed by atoms with Gasteiger partial charge in [0.2, 0.25) is 4.80 Å². The van der Waals surface area contributed by atoms with Gasteiger partial charge in [-0.2, -0.15) is 5.10 Å². The molecule has 32 heavy (non-hydrogen) atoms. The maximum atomic E-state index is 14.1. The molecule has 4 rings (SSSR count). The molecule has 0 fully saturated rings. The summed E-state index contributed by atoms with van der Waals surface area (Å²) in [5.41, 5.74) is 0.898. The monoisotopic (exact) mass is 453 g/mol. The number of para-hydroxylation sites is 1. The lowest BCUT2D eigenvalue weighted by atomic mass is 10.1. The summed E-state index contributed by atoms with van der Waals surface area (Å²) in [7, 11) is 0. The molecule has 0 N–H and O–H groups in total. The van der Waals surface area contributed by atoms with E-state index in [-0.39, 0.29) is 21.9 Å². The second-order valence-electron chi connectivity index (χ2n) is 6.26. The number of thiazole rings is 1. The number of hydrogen-bond donors (Lipinski definition) is 0. The van der Waals surface area contributed by atoms with Crippen LogP contribution in [0.5, 0.6) is 0 Å². The molecule has 2 aromatic carbocycles. The third-order valence-corrected chi connectivity index (χ3v) is 5.02. The Hall–Kier alpha value is -4.45. The minimum Gasteiger partial charge on any atom is -0.400 e. The van der Waals surface area contributed by atoms with Gasteiger partial charge in [0.25, 0.3) is 5.69 Å². The molecule has 0 amide bonds. The molecule has 0 bridgehead atoms. The maximum Gasteiger partial charge on any atom is 0.433 e. The summed E-state index contributed by atoms with van der Waals surface area (Å²) in [6.07, 6.45) is 1.24. The Kier molecular flexibility index (Phi) is 5.68. The van der Waals surface area contributed by atoms with E-state index >= 15 is 0 Å². The Morgan fingerprint density at radius 3 is 2.56 bits per heavy atom. The Labute approximate surface area is 182 Å². The lowest BCUT2D eigenvalue weighted by Crippen LogP contribution is -2.11. The van der Waals surface area contributed by atoms with Crippen LogP contribution in [0.1, 0.15) is 5.76 Å². The molecule has 0 saturated carbocycles. The number of halogens is 1. The van der Waals surface area contributed by atoms with E-state index < -0.39 is 21.5 Å². The minimum absolute atomic E-state index is 0.0810. The Bertz CT molecular complexity index is 1420. The zero-order valence-corrected chi connectivity index (χ0v) is 16.8. The van der Waals surface area contributed by atoms with E-state index in [0.717, 1.165) is 11.3 Å². The second-order valence-corrected chi connectivity index (χ2v) is 7.10. The SMILES string of the molecule is O=[N+]([O-])c1cccc(-c2csc(=Nc3ccccc3F)n2N=Cc2ccc([N+](=O)[O-])o2)c1. The van der Waals surface area contributed by atoms with E-state index in [1.54, 1.807) is 17.5 Å². The molecular weight excluding hydrogens is 441 g/mol. The van der Waals surface area contributed by atoms with Gasteiger partial charge in [-0.25, -0.2) is 14.1 Å². The number of aromatic nitrogens is 1. The summed E-state index contributed by atoms with van der Waals surface area (Å²) >= 11 is 1.14. The van der Waals surface area contributed by atoms with Gasteiger partial charge in [0.15, 0.2) is 5.76 Å². The van der Waals surface area contributed by atoms with Crippen LogP contribution in [0, 0.1) is 26.0 Å². The minimum atomic E-state index is -0.678. The van der Waals surface area contributed by atoms with Crippen LogP contribution in [-0.2, 0) is 0 Å². The Balaban J connectivity index is 1.85. The molecule has 0 radical (unpaired) electrons. The normalized spacial score (nSPS) is 11.8. The highest BCUT2D eigenvalue weighted by atomic mass is 32.1. The summed E-state index contributed by atoms with van der Waals surface area (Å²) in [5, 5.41) is 27.9. The van der Waals surface area contributed by atoms with Gasteiger partial charge < -0.3 is 4.42 Å². The first-order valence-electron chi connectivity index (χ1n) is 8.95. The second kappa shape index (κ2) is 8.73. The molecule has 4 aromatic rings. The van der Waals surface area contributed by atoms with Gasteiger partial charge in [-0.1, -0.05) is 24.3 Å². The van der Waals surface area contributed by atoms with Crippen LogP contribution >= 0.6 is 11.3 Å². The van der Waals surface area contributed by atoms with Crippen molar-refractivity contribution >= 4 is 34.8 Å². The summed E-state index contributed by atoms with van der Waals surface area (Å²) in [4.78, 5) is 25.4. The predicted molar refractivity (Wildman–Crippen MR) is 114 cm³/mol. The van der Waals surface area contributed by atoms with E-state index in [4.69, 9.17) is 4.42 Å². The first-order chi connectivity index (χ1) is 15.4. The van der Waals surface area contributed by atoms with Crippen molar-refractivity contribution in [2.45, 2.75) is 0 Å².